The number of hydrogen-bond acceptors (Lipinski definition) is 2. The molecular weight excluding hydrogens is 300 g/mol. The van der Waals surface area contributed by atoms with Crippen LogP contribution in [0.4, 0.5) is 0 Å². The molecule has 0 amide bonds. The SMILES string of the molecule is CCO[Si](OCC)(C(C)c1ccccc1)C(C)c1ccccc1. The Kier molecular flexibility index (Phi) is 6.57. The Bertz CT molecular complexity index is 517. The van der Waals surface area contributed by atoms with Crippen LogP contribution in [0.15, 0.2) is 60.7 Å². The highest BCUT2D eigenvalue weighted by atomic mass is 28.4. The Morgan fingerprint density at radius 2 is 1.04 bits per heavy atom. The third-order valence-electron chi connectivity index (χ3n) is 4.55. The first kappa shape index (κ1) is 17.9. The number of hydrogen-bond donors (Lipinski definition) is 0. The maximum atomic E-state index is 6.42. The van der Waals surface area contributed by atoms with Gasteiger partial charge in [0.25, 0.3) is 0 Å². The monoisotopic (exact) mass is 328 g/mol. The smallest absolute Gasteiger partial charge is 0.353 e. The van der Waals surface area contributed by atoms with E-state index in [0.29, 0.717) is 13.2 Å². The zero-order valence-corrected chi connectivity index (χ0v) is 15.7. The van der Waals surface area contributed by atoms with Crippen LogP contribution >= 0.6 is 0 Å². The molecule has 2 nitrogen and oxygen atoms in total. The van der Waals surface area contributed by atoms with Crippen molar-refractivity contribution in [3.05, 3.63) is 71.8 Å². The minimum atomic E-state index is -2.48. The van der Waals surface area contributed by atoms with E-state index in [0.717, 1.165) is 0 Å². The van der Waals surface area contributed by atoms with Gasteiger partial charge in [-0.05, 0) is 25.0 Å². The molecule has 0 radical (unpaired) electrons. The van der Waals surface area contributed by atoms with Crippen LogP contribution in [0, 0.1) is 0 Å². The molecule has 0 bridgehead atoms. The van der Waals surface area contributed by atoms with Crippen LogP contribution in [0.5, 0.6) is 0 Å². The molecule has 3 heteroatoms. The van der Waals surface area contributed by atoms with Crippen LogP contribution in [0.1, 0.15) is 49.9 Å². The van der Waals surface area contributed by atoms with Crippen molar-refractivity contribution in [3.8, 4) is 0 Å². The van der Waals surface area contributed by atoms with Crippen molar-refractivity contribution in [1.29, 1.82) is 0 Å². The van der Waals surface area contributed by atoms with Gasteiger partial charge < -0.3 is 8.85 Å². The Balaban J connectivity index is 2.46. The standard InChI is InChI=1S/C20H28O2Si/c1-5-21-23(22-6-2,17(3)19-13-9-7-10-14-19)18(4)20-15-11-8-12-16-20/h7-18H,5-6H2,1-4H3. The molecule has 0 spiro atoms. The van der Waals surface area contributed by atoms with E-state index in [1.807, 2.05) is 0 Å². The Hall–Kier alpha value is -1.42. The summed E-state index contributed by atoms with van der Waals surface area (Å²) in [6.45, 7) is 10.0. The van der Waals surface area contributed by atoms with E-state index in [1.165, 1.54) is 11.1 Å². The summed E-state index contributed by atoms with van der Waals surface area (Å²) < 4.78 is 12.8. The van der Waals surface area contributed by atoms with Crippen molar-refractivity contribution in [2.24, 2.45) is 0 Å². The molecule has 23 heavy (non-hydrogen) atoms. The zero-order chi connectivity index (χ0) is 16.7. The average molecular weight is 329 g/mol. The fourth-order valence-corrected chi connectivity index (χ4v) is 7.37. The van der Waals surface area contributed by atoms with Crippen LogP contribution in [-0.4, -0.2) is 21.8 Å². The molecule has 124 valence electrons. The molecule has 0 heterocycles. The molecule has 2 aromatic carbocycles. The van der Waals surface area contributed by atoms with Crippen LogP contribution in [0.2, 0.25) is 0 Å². The molecule has 0 aliphatic rings. The van der Waals surface area contributed by atoms with Crippen molar-refractivity contribution >= 4 is 8.56 Å². The van der Waals surface area contributed by atoms with Gasteiger partial charge in [-0.3, -0.25) is 0 Å². The molecule has 0 aliphatic heterocycles. The van der Waals surface area contributed by atoms with E-state index >= 15 is 0 Å². The maximum absolute atomic E-state index is 6.42. The summed E-state index contributed by atoms with van der Waals surface area (Å²) in [5.74, 6) is 0. The summed E-state index contributed by atoms with van der Waals surface area (Å²) >= 11 is 0. The van der Waals surface area contributed by atoms with Gasteiger partial charge in [0.1, 0.15) is 0 Å². The highest BCUT2D eigenvalue weighted by molar-refractivity contribution is 6.70. The van der Waals surface area contributed by atoms with Crippen LogP contribution in [0.25, 0.3) is 0 Å². The molecule has 2 atom stereocenters. The quantitative estimate of drug-likeness (QED) is 0.621. The summed E-state index contributed by atoms with van der Waals surface area (Å²) in [5.41, 5.74) is 3.12. The fourth-order valence-electron chi connectivity index (χ4n) is 3.32. The predicted octanol–water partition coefficient (Wildman–Crippen LogP) is 5.19. The predicted molar refractivity (Wildman–Crippen MR) is 98.7 cm³/mol. The summed E-state index contributed by atoms with van der Waals surface area (Å²) in [7, 11) is -2.48. The Morgan fingerprint density at radius 1 is 0.696 bits per heavy atom. The van der Waals surface area contributed by atoms with Gasteiger partial charge in [-0.1, -0.05) is 74.5 Å². The molecule has 0 N–H and O–H groups in total. The summed E-state index contributed by atoms with van der Waals surface area (Å²) in [4.78, 5) is 0. The minimum Gasteiger partial charge on any atom is -0.394 e. The first-order valence-electron chi connectivity index (χ1n) is 8.53. The first-order chi connectivity index (χ1) is 11.2. The topological polar surface area (TPSA) is 18.5 Å². The molecule has 0 aromatic heterocycles. The molecule has 0 aliphatic carbocycles. The van der Waals surface area contributed by atoms with Crippen molar-refractivity contribution in [2.45, 2.75) is 38.8 Å². The van der Waals surface area contributed by atoms with Crippen LogP contribution in [0.3, 0.4) is 0 Å². The van der Waals surface area contributed by atoms with Gasteiger partial charge in [-0.25, -0.2) is 0 Å². The van der Waals surface area contributed by atoms with Gasteiger partial charge in [0.2, 0.25) is 0 Å². The Labute approximate surface area is 141 Å². The highest BCUT2D eigenvalue weighted by Gasteiger charge is 2.49. The van der Waals surface area contributed by atoms with Gasteiger partial charge in [-0.2, -0.15) is 0 Å². The van der Waals surface area contributed by atoms with E-state index in [9.17, 15) is 0 Å². The third kappa shape index (κ3) is 3.92. The second-order valence-corrected chi connectivity index (χ2v) is 9.60. The van der Waals surface area contributed by atoms with E-state index in [1.54, 1.807) is 0 Å². The molecule has 2 rings (SSSR count). The molecule has 2 unspecified atom stereocenters. The largest absolute Gasteiger partial charge is 0.394 e. The maximum Gasteiger partial charge on any atom is 0.353 e. The lowest BCUT2D eigenvalue weighted by Gasteiger charge is -2.40. The van der Waals surface area contributed by atoms with Crippen LogP contribution < -0.4 is 0 Å². The zero-order valence-electron chi connectivity index (χ0n) is 14.7. The van der Waals surface area contributed by atoms with E-state index < -0.39 is 8.56 Å². The van der Waals surface area contributed by atoms with Crippen molar-refractivity contribution < 1.29 is 8.85 Å². The average Bonchev–Trinajstić information content (AvgIpc) is 2.61. The van der Waals surface area contributed by atoms with Gasteiger partial charge >= 0.3 is 8.56 Å². The molecular formula is C20H28O2Si. The van der Waals surface area contributed by atoms with Crippen molar-refractivity contribution in [3.63, 3.8) is 0 Å². The first-order valence-corrected chi connectivity index (χ1v) is 10.5. The number of rotatable bonds is 8. The van der Waals surface area contributed by atoms with E-state index in [4.69, 9.17) is 8.85 Å². The fraction of sp³-hybridized carbons (Fsp3) is 0.400. The van der Waals surface area contributed by atoms with Gasteiger partial charge in [0.15, 0.2) is 0 Å². The van der Waals surface area contributed by atoms with Gasteiger partial charge in [0, 0.05) is 24.3 Å². The van der Waals surface area contributed by atoms with Crippen molar-refractivity contribution in [2.75, 3.05) is 13.2 Å². The summed E-state index contributed by atoms with van der Waals surface area (Å²) in [6, 6.07) is 21.2. The van der Waals surface area contributed by atoms with Crippen LogP contribution in [-0.2, 0) is 8.85 Å². The van der Waals surface area contributed by atoms with Crippen molar-refractivity contribution in [1.82, 2.24) is 0 Å². The molecule has 0 saturated heterocycles. The molecule has 2 aromatic rings. The van der Waals surface area contributed by atoms with Gasteiger partial charge in [-0.15, -0.1) is 0 Å². The van der Waals surface area contributed by atoms with E-state index in [-0.39, 0.29) is 11.1 Å². The number of benzene rings is 2. The van der Waals surface area contributed by atoms with E-state index in [2.05, 4.69) is 88.4 Å². The third-order valence-corrected chi connectivity index (χ3v) is 9.11. The summed E-state index contributed by atoms with van der Waals surface area (Å²) in [5, 5.41) is 0. The second kappa shape index (κ2) is 8.43. The normalized spacial score (nSPS) is 14.4. The molecule has 0 fully saturated rings. The molecule has 0 saturated carbocycles. The lowest BCUT2D eigenvalue weighted by Crippen LogP contribution is -2.52. The highest BCUT2D eigenvalue weighted by Crippen LogP contribution is 2.39. The Morgan fingerprint density at radius 3 is 1.35 bits per heavy atom. The second-order valence-electron chi connectivity index (χ2n) is 5.85. The lowest BCUT2D eigenvalue weighted by molar-refractivity contribution is 0.166. The van der Waals surface area contributed by atoms with Gasteiger partial charge in [0.05, 0.1) is 0 Å². The lowest BCUT2D eigenvalue weighted by atomic mass is 10.1. The minimum absolute atomic E-state index is 0.263. The summed E-state index contributed by atoms with van der Waals surface area (Å²) in [6.07, 6.45) is 0.